The largest absolute Gasteiger partial charge is 0.459 e. The molecule has 0 spiro atoms. The Morgan fingerprint density at radius 3 is 2.48 bits per heavy atom. The lowest BCUT2D eigenvalue weighted by Crippen LogP contribution is -2.11. The minimum Gasteiger partial charge on any atom is -0.459 e. The third-order valence-corrected chi connectivity index (χ3v) is 5.50. The molecule has 0 amide bonds. The van der Waals surface area contributed by atoms with Gasteiger partial charge in [-0.2, -0.15) is 0 Å². The quantitative estimate of drug-likeness (QED) is 0.448. The van der Waals surface area contributed by atoms with Crippen LogP contribution in [-0.2, 0) is 10.5 Å². The zero-order valence-electron chi connectivity index (χ0n) is 14.0. The van der Waals surface area contributed by atoms with Crippen molar-refractivity contribution in [2.45, 2.75) is 30.0 Å². The van der Waals surface area contributed by atoms with Gasteiger partial charge in [0, 0.05) is 11.3 Å². The van der Waals surface area contributed by atoms with E-state index in [2.05, 4.69) is 10.2 Å². The Morgan fingerprint density at radius 1 is 1.08 bits per heavy atom. The van der Waals surface area contributed by atoms with Gasteiger partial charge in [0.15, 0.2) is 4.34 Å². The molecule has 0 aliphatic rings. The number of ether oxygens (including phenoxy) is 1. The van der Waals surface area contributed by atoms with E-state index in [0.717, 1.165) is 26.2 Å². The lowest BCUT2D eigenvalue weighted by molar-refractivity contribution is 0.0378. The Balaban J connectivity index is 1.59. The summed E-state index contributed by atoms with van der Waals surface area (Å²) in [4.78, 5) is 11.8. The van der Waals surface area contributed by atoms with E-state index >= 15 is 0 Å². The second kappa shape index (κ2) is 8.27. The topological polar surface area (TPSA) is 52.1 Å². The van der Waals surface area contributed by atoms with Crippen LogP contribution in [0, 0.1) is 0 Å². The molecular formula is C19H18N2O2S2. The summed E-state index contributed by atoms with van der Waals surface area (Å²) in [6.07, 6.45) is -0.112. The van der Waals surface area contributed by atoms with Gasteiger partial charge in [-0.15, -0.1) is 10.2 Å². The number of carbonyl (C=O) groups is 1. The monoisotopic (exact) mass is 370 g/mol. The molecule has 0 fully saturated rings. The normalized spacial score (nSPS) is 10.8. The third-order valence-electron chi connectivity index (χ3n) is 3.32. The summed E-state index contributed by atoms with van der Waals surface area (Å²) in [6, 6.07) is 17.5. The molecular weight excluding hydrogens is 352 g/mol. The molecule has 0 N–H and O–H groups in total. The number of nitrogens with zero attached hydrogens (tertiary/aromatic N) is 2. The maximum atomic E-state index is 11.8. The van der Waals surface area contributed by atoms with Crippen molar-refractivity contribution in [3.63, 3.8) is 0 Å². The predicted octanol–water partition coefficient (Wildman–Crippen LogP) is 5.06. The standard InChI is InChI=1S/C19H18N2O2S2/c1-13(2)23-18(22)16-10-8-14(9-11-16)12-24-19-21-20-17(25-19)15-6-4-3-5-7-15/h3-11,13H,12H2,1-2H3. The van der Waals surface area contributed by atoms with Crippen LogP contribution in [0.4, 0.5) is 0 Å². The molecule has 1 aromatic heterocycles. The fraction of sp³-hybridized carbons (Fsp3) is 0.211. The van der Waals surface area contributed by atoms with E-state index in [1.54, 1.807) is 35.2 Å². The maximum Gasteiger partial charge on any atom is 0.338 e. The lowest BCUT2D eigenvalue weighted by atomic mass is 10.1. The Kier molecular flexibility index (Phi) is 5.83. The number of benzene rings is 2. The fourth-order valence-corrected chi connectivity index (χ4v) is 3.94. The van der Waals surface area contributed by atoms with Crippen molar-refractivity contribution in [1.82, 2.24) is 10.2 Å². The van der Waals surface area contributed by atoms with E-state index in [1.165, 1.54) is 0 Å². The molecule has 1 heterocycles. The Hall–Kier alpha value is -2.18. The summed E-state index contributed by atoms with van der Waals surface area (Å²) in [5, 5.41) is 9.42. The van der Waals surface area contributed by atoms with Gasteiger partial charge in [0.05, 0.1) is 11.7 Å². The SMILES string of the molecule is CC(C)OC(=O)c1ccc(CSc2nnc(-c3ccccc3)s2)cc1. The van der Waals surface area contributed by atoms with Gasteiger partial charge in [0.25, 0.3) is 0 Å². The first-order valence-electron chi connectivity index (χ1n) is 7.93. The van der Waals surface area contributed by atoms with Crippen LogP contribution in [0.25, 0.3) is 10.6 Å². The smallest absolute Gasteiger partial charge is 0.338 e. The molecule has 0 atom stereocenters. The molecule has 25 heavy (non-hydrogen) atoms. The Bertz CT molecular complexity index is 830. The molecule has 0 aliphatic heterocycles. The van der Waals surface area contributed by atoms with E-state index in [4.69, 9.17) is 4.74 Å². The molecule has 4 nitrogen and oxygen atoms in total. The van der Waals surface area contributed by atoms with Gasteiger partial charge in [-0.05, 0) is 31.5 Å². The van der Waals surface area contributed by atoms with Crippen LogP contribution < -0.4 is 0 Å². The highest BCUT2D eigenvalue weighted by Gasteiger charge is 2.10. The summed E-state index contributed by atoms with van der Waals surface area (Å²) in [5.74, 6) is 0.494. The Morgan fingerprint density at radius 2 is 1.80 bits per heavy atom. The highest BCUT2D eigenvalue weighted by atomic mass is 32.2. The van der Waals surface area contributed by atoms with Crippen LogP contribution in [0.15, 0.2) is 58.9 Å². The van der Waals surface area contributed by atoms with E-state index in [1.807, 2.05) is 56.3 Å². The maximum absolute atomic E-state index is 11.8. The number of carbonyl (C=O) groups excluding carboxylic acids is 1. The molecule has 0 saturated heterocycles. The number of thioether (sulfide) groups is 1. The van der Waals surface area contributed by atoms with E-state index < -0.39 is 0 Å². The second-order valence-electron chi connectivity index (χ2n) is 5.68. The van der Waals surface area contributed by atoms with Crippen molar-refractivity contribution in [2.75, 3.05) is 0 Å². The first-order chi connectivity index (χ1) is 12.1. The van der Waals surface area contributed by atoms with Gasteiger partial charge in [0.2, 0.25) is 0 Å². The molecule has 0 saturated carbocycles. The number of hydrogen-bond acceptors (Lipinski definition) is 6. The molecule has 3 rings (SSSR count). The Labute approximate surface area is 155 Å². The number of esters is 1. The van der Waals surface area contributed by atoms with Crippen LogP contribution in [0.2, 0.25) is 0 Å². The fourth-order valence-electron chi connectivity index (χ4n) is 2.13. The van der Waals surface area contributed by atoms with Crippen LogP contribution in [0.3, 0.4) is 0 Å². The molecule has 0 aliphatic carbocycles. The van der Waals surface area contributed by atoms with Crippen molar-refractivity contribution in [3.05, 3.63) is 65.7 Å². The van der Waals surface area contributed by atoms with Crippen LogP contribution in [-0.4, -0.2) is 22.3 Å². The van der Waals surface area contributed by atoms with Crippen molar-refractivity contribution in [3.8, 4) is 10.6 Å². The number of aromatic nitrogens is 2. The average Bonchev–Trinajstić information content (AvgIpc) is 3.10. The van der Waals surface area contributed by atoms with Gasteiger partial charge >= 0.3 is 5.97 Å². The van der Waals surface area contributed by atoms with Crippen LogP contribution in [0.5, 0.6) is 0 Å². The van der Waals surface area contributed by atoms with Crippen molar-refractivity contribution in [1.29, 1.82) is 0 Å². The molecule has 0 radical (unpaired) electrons. The molecule has 6 heteroatoms. The highest BCUT2D eigenvalue weighted by molar-refractivity contribution is 8.00. The van der Waals surface area contributed by atoms with Crippen LogP contribution in [0.1, 0.15) is 29.8 Å². The lowest BCUT2D eigenvalue weighted by Gasteiger charge is -2.08. The zero-order chi connectivity index (χ0) is 17.6. The summed E-state index contributed by atoms with van der Waals surface area (Å²) in [5.41, 5.74) is 2.78. The van der Waals surface area contributed by atoms with Gasteiger partial charge in [-0.1, -0.05) is 65.6 Å². The average molecular weight is 370 g/mol. The minimum atomic E-state index is -0.286. The van der Waals surface area contributed by atoms with Crippen molar-refractivity contribution >= 4 is 29.1 Å². The summed E-state index contributed by atoms with van der Waals surface area (Å²) in [6.45, 7) is 3.68. The van der Waals surface area contributed by atoms with Gasteiger partial charge in [-0.25, -0.2) is 4.79 Å². The van der Waals surface area contributed by atoms with E-state index in [9.17, 15) is 4.79 Å². The number of rotatable bonds is 6. The van der Waals surface area contributed by atoms with Crippen LogP contribution >= 0.6 is 23.1 Å². The van der Waals surface area contributed by atoms with Crippen molar-refractivity contribution in [2.24, 2.45) is 0 Å². The summed E-state index contributed by atoms with van der Waals surface area (Å²) in [7, 11) is 0. The van der Waals surface area contributed by atoms with E-state index in [0.29, 0.717) is 5.56 Å². The molecule has 2 aromatic carbocycles. The molecule has 0 bridgehead atoms. The first-order valence-corrected chi connectivity index (χ1v) is 9.73. The predicted molar refractivity (Wildman–Crippen MR) is 102 cm³/mol. The minimum absolute atomic E-state index is 0.112. The number of hydrogen-bond donors (Lipinski definition) is 0. The molecule has 128 valence electrons. The highest BCUT2D eigenvalue weighted by Crippen LogP contribution is 2.31. The summed E-state index contributed by atoms with van der Waals surface area (Å²) >= 11 is 3.23. The summed E-state index contributed by atoms with van der Waals surface area (Å²) < 4.78 is 6.12. The van der Waals surface area contributed by atoms with Crippen molar-refractivity contribution < 1.29 is 9.53 Å². The molecule has 3 aromatic rings. The van der Waals surface area contributed by atoms with Gasteiger partial charge in [-0.3, -0.25) is 0 Å². The molecule has 0 unspecified atom stereocenters. The van der Waals surface area contributed by atoms with E-state index in [-0.39, 0.29) is 12.1 Å². The van der Waals surface area contributed by atoms with Gasteiger partial charge < -0.3 is 4.74 Å². The zero-order valence-corrected chi connectivity index (χ0v) is 15.6. The van der Waals surface area contributed by atoms with Gasteiger partial charge in [0.1, 0.15) is 5.01 Å². The third kappa shape index (κ3) is 4.90. The first kappa shape index (κ1) is 17.6. The second-order valence-corrected chi connectivity index (χ2v) is 7.88.